The van der Waals surface area contributed by atoms with Gasteiger partial charge in [-0.05, 0) is 54.8 Å². The minimum absolute atomic E-state index is 0.0569. The Bertz CT molecular complexity index is 1360. The number of anilines is 2. The smallest absolute Gasteiger partial charge is 0.269 e. The summed E-state index contributed by atoms with van der Waals surface area (Å²) in [5.74, 6) is -0.184. The van der Waals surface area contributed by atoms with Crippen molar-refractivity contribution in [2.75, 3.05) is 23.4 Å². The van der Waals surface area contributed by atoms with E-state index >= 15 is 0 Å². The van der Waals surface area contributed by atoms with Gasteiger partial charge in [-0.25, -0.2) is 0 Å². The number of carbonyl (C=O) groups excluding carboxylic acids is 2. The van der Waals surface area contributed by atoms with Crippen LogP contribution in [-0.4, -0.2) is 29.9 Å². The van der Waals surface area contributed by atoms with Crippen molar-refractivity contribution >= 4 is 39.6 Å². The number of nitro benzene ring substituents is 1. The van der Waals surface area contributed by atoms with Gasteiger partial charge in [0.05, 0.1) is 10.6 Å². The van der Waals surface area contributed by atoms with Gasteiger partial charge in [0.15, 0.2) is 6.61 Å². The third-order valence-corrected chi connectivity index (χ3v) is 5.45. The normalized spacial score (nSPS) is 10.5. The molecule has 0 spiro atoms. The van der Waals surface area contributed by atoms with Crippen molar-refractivity contribution in [3.63, 3.8) is 0 Å². The van der Waals surface area contributed by atoms with Gasteiger partial charge in [-0.2, -0.15) is 0 Å². The highest BCUT2D eigenvalue weighted by atomic mass is 16.6. The van der Waals surface area contributed by atoms with Crippen LogP contribution in [0, 0.1) is 10.1 Å². The molecule has 0 atom stereocenters. The van der Waals surface area contributed by atoms with Gasteiger partial charge in [0, 0.05) is 35.3 Å². The monoisotopic (exact) mass is 469 g/mol. The summed E-state index contributed by atoms with van der Waals surface area (Å²) in [5.41, 5.74) is 1.81. The van der Waals surface area contributed by atoms with Gasteiger partial charge < -0.3 is 15.0 Å². The number of carbonyl (C=O) groups is 2. The molecule has 0 bridgehead atoms. The largest absolute Gasteiger partial charge is 0.484 e. The number of hydrogen-bond donors (Lipinski definition) is 1. The molecule has 4 aromatic rings. The second kappa shape index (κ2) is 10.5. The van der Waals surface area contributed by atoms with Crippen molar-refractivity contribution in [2.24, 2.45) is 0 Å². The average molecular weight is 469 g/mol. The molecule has 1 N–H and O–H groups in total. The van der Waals surface area contributed by atoms with Gasteiger partial charge in [0.1, 0.15) is 5.75 Å². The Labute approximate surface area is 201 Å². The van der Waals surface area contributed by atoms with Gasteiger partial charge in [-0.1, -0.05) is 36.4 Å². The van der Waals surface area contributed by atoms with Crippen molar-refractivity contribution in [1.29, 1.82) is 0 Å². The molecule has 0 heterocycles. The molecule has 0 aliphatic carbocycles. The number of nitrogens with zero attached hydrogens (tertiary/aromatic N) is 2. The summed E-state index contributed by atoms with van der Waals surface area (Å²) in [4.78, 5) is 37.4. The highest BCUT2D eigenvalue weighted by Crippen LogP contribution is 2.28. The Morgan fingerprint density at radius 2 is 1.60 bits per heavy atom. The van der Waals surface area contributed by atoms with Crippen LogP contribution in [0.25, 0.3) is 10.8 Å². The second-order valence-electron chi connectivity index (χ2n) is 7.71. The summed E-state index contributed by atoms with van der Waals surface area (Å²) in [7, 11) is 0. The number of ether oxygens (including phenoxy) is 1. The third-order valence-electron chi connectivity index (χ3n) is 5.45. The van der Waals surface area contributed by atoms with Crippen LogP contribution in [-0.2, 0) is 4.79 Å². The van der Waals surface area contributed by atoms with Crippen molar-refractivity contribution in [2.45, 2.75) is 6.92 Å². The SMILES string of the molecule is CCN(C(=O)c1ccc(NC(=O)COc2ccc([N+](=O)[O-])cc2)cc1)c1cccc2ccccc12. The van der Waals surface area contributed by atoms with Crippen LogP contribution >= 0.6 is 0 Å². The lowest BCUT2D eigenvalue weighted by Gasteiger charge is -2.23. The number of non-ortho nitro benzene ring substituents is 1. The zero-order valence-electron chi connectivity index (χ0n) is 19.0. The summed E-state index contributed by atoms with van der Waals surface area (Å²) in [5, 5.41) is 15.5. The molecule has 8 nitrogen and oxygen atoms in total. The molecule has 8 heteroatoms. The number of rotatable bonds is 8. The molecule has 4 rings (SSSR count). The van der Waals surface area contributed by atoms with Gasteiger partial charge in [-0.15, -0.1) is 0 Å². The number of nitro groups is 1. The van der Waals surface area contributed by atoms with Crippen molar-refractivity contribution in [3.8, 4) is 5.75 Å². The fraction of sp³-hybridized carbons (Fsp3) is 0.111. The topological polar surface area (TPSA) is 102 Å². The van der Waals surface area contributed by atoms with E-state index in [1.54, 1.807) is 29.2 Å². The van der Waals surface area contributed by atoms with E-state index in [1.165, 1.54) is 24.3 Å². The van der Waals surface area contributed by atoms with Crippen molar-refractivity contribution in [1.82, 2.24) is 0 Å². The Balaban J connectivity index is 1.39. The molecule has 0 saturated carbocycles. The second-order valence-corrected chi connectivity index (χ2v) is 7.71. The summed E-state index contributed by atoms with van der Waals surface area (Å²) >= 11 is 0. The molecule has 4 aromatic carbocycles. The molecule has 0 saturated heterocycles. The molecule has 176 valence electrons. The first-order valence-electron chi connectivity index (χ1n) is 11.0. The lowest BCUT2D eigenvalue weighted by molar-refractivity contribution is -0.384. The van der Waals surface area contributed by atoms with Crippen LogP contribution in [0.5, 0.6) is 5.75 Å². The van der Waals surface area contributed by atoms with E-state index in [-0.39, 0.29) is 18.2 Å². The zero-order chi connectivity index (χ0) is 24.8. The van der Waals surface area contributed by atoms with Crippen LogP contribution in [0.2, 0.25) is 0 Å². The fourth-order valence-corrected chi connectivity index (χ4v) is 3.73. The molecule has 0 aliphatic rings. The van der Waals surface area contributed by atoms with Gasteiger partial charge in [0.25, 0.3) is 17.5 Å². The maximum atomic E-state index is 13.3. The van der Waals surface area contributed by atoms with Crippen LogP contribution in [0.1, 0.15) is 17.3 Å². The molecule has 0 aliphatic heterocycles. The Morgan fingerprint density at radius 1 is 0.914 bits per heavy atom. The molecular weight excluding hydrogens is 446 g/mol. The number of hydrogen-bond acceptors (Lipinski definition) is 5. The minimum Gasteiger partial charge on any atom is -0.484 e. The number of fused-ring (bicyclic) bond motifs is 1. The van der Waals surface area contributed by atoms with Gasteiger partial charge in [0.2, 0.25) is 0 Å². The number of nitrogens with one attached hydrogen (secondary N) is 1. The van der Waals surface area contributed by atoms with E-state index in [1.807, 2.05) is 49.4 Å². The number of amides is 2. The van der Waals surface area contributed by atoms with Crippen LogP contribution in [0.4, 0.5) is 17.1 Å². The average Bonchev–Trinajstić information content (AvgIpc) is 2.88. The lowest BCUT2D eigenvalue weighted by Crippen LogP contribution is -2.30. The lowest BCUT2D eigenvalue weighted by atomic mass is 10.1. The van der Waals surface area contributed by atoms with Crippen molar-refractivity contribution in [3.05, 3.63) is 107 Å². The first kappa shape index (κ1) is 23.4. The Hall–Kier alpha value is -4.72. The Kier molecular flexibility index (Phi) is 7.02. The van der Waals surface area contributed by atoms with E-state index < -0.39 is 10.8 Å². The predicted octanol–water partition coefficient (Wildman–Crippen LogP) is 5.43. The maximum absolute atomic E-state index is 13.3. The highest BCUT2D eigenvalue weighted by molar-refractivity contribution is 6.11. The molecule has 0 aromatic heterocycles. The van der Waals surface area contributed by atoms with E-state index in [4.69, 9.17) is 4.74 Å². The molecular formula is C27H23N3O5. The quantitative estimate of drug-likeness (QED) is 0.274. The molecule has 0 unspecified atom stereocenters. The highest BCUT2D eigenvalue weighted by Gasteiger charge is 2.18. The summed E-state index contributed by atoms with van der Waals surface area (Å²) in [6, 6.07) is 25.9. The van der Waals surface area contributed by atoms with Crippen molar-refractivity contribution < 1.29 is 19.2 Å². The molecule has 0 radical (unpaired) electrons. The molecule has 35 heavy (non-hydrogen) atoms. The van der Waals surface area contributed by atoms with E-state index in [2.05, 4.69) is 5.32 Å². The maximum Gasteiger partial charge on any atom is 0.269 e. The third kappa shape index (κ3) is 5.44. The summed E-state index contributed by atoms with van der Waals surface area (Å²) in [6.07, 6.45) is 0. The zero-order valence-corrected chi connectivity index (χ0v) is 19.0. The molecule has 2 amide bonds. The van der Waals surface area contributed by atoms with Crippen LogP contribution in [0.15, 0.2) is 91.0 Å². The van der Waals surface area contributed by atoms with E-state index in [0.29, 0.717) is 23.5 Å². The Morgan fingerprint density at radius 3 is 2.29 bits per heavy atom. The van der Waals surface area contributed by atoms with Gasteiger partial charge in [-0.3, -0.25) is 19.7 Å². The fourth-order valence-electron chi connectivity index (χ4n) is 3.73. The van der Waals surface area contributed by atoms with Gasteiger partial charge >= 0.3 is 0 Å². The predicted molar refractivity (Wildman–Crippen MR) is 135 cm³/mol. The standard InChI is InChI=1S/C27H23N3O5/c1-2-29(25-9-5-7-19-6-3-4-8-24(19)25)27(32)20-10-12-21(13-11-20)28-26(31)18-35-23-16-14-22(15-17-23)30(33)34/h3-17H,2,18H2,1H3,(H,28,31). The van der Waals surface area contributed by atoms with Crippen LogP contribution in [0.3, 0.4) is 0 Å². The first-order valence-corrected chi connectivity index (χ1v) is 11.0. The summed E-state index contributed by atoms with van der Waals surface area (Å²) in [6.45, 7) is 2.17. The minimum atomic E-state index is -0.507. The number of benzene rings is 4. The van der Waals surface area contributed by atoms with Crippen LogP contribution < -0.4 is 15.0 Å². The molecule has 0 fully saturated rings. The summed E-state index contributed by atoms with van der Waals surface area (Å²) < 4.78 is 5.37. The van der Waals surface area contributed by atoms with E-state index in [0.717, 1.165) is 16.5 Å². The first-order chi connectivity index (χ1) is 17.0. The van der Waals surface area contributed by atoms with E-state index in [9.17, 15) is 19.7 Å².